The van der Waals surface area contributed by atoms with E-state index in [0.29, 0.717) is 12.3 Å². The minimum Gasteiger partial charge on any atom is -0.444 e. The van der Waals surface area contributed by atoms with Crippen molar-refractivity contribution in [2.75, 3.05) is 42.6 Å². The highest BCUT2D eigenvalue weighted by atomic mass is 19.4. The van der Waals surface area contributed by atoms with Crippen LogP contribution >= 0.6 is 0 Å². The van der Waals surface area contributed by atoms with Gasteiger partial charge in [-0.2, -0.15) is 13.2 Å². The molecule has 0 radical (unpaired) electrons. The fourth-order valence-electron chi connectivity index (χ4n) is 3.12. The summed E-state index contributed by atoms with van der Waals surface area (Å²) < 4.78 is 50.3. The number of hydrogen-bond donors (Lipinski definition) is 1. The number of alkyl halides is 3. The molecule has 0 aliphatic carbocycles. The molecule has 1 heterocycles. The van der Waals surface area contributed by atoms with E-state index in [2.05, 4.69) is 5.32 Å². The van der Waals surface area contributed by atoms with Gasteiger partial charge in [0.05, 0.1) is 18.0 Å². The molecule has 1 aromatic carbocycles. The predicted molar refractivity (Wildman–Crippen MR) is 107 cm³/mol. The van der Waals surface area contributed by atoms with Gasteiger partial charge in [0.25, 0.3) is 5.91 Å². The number of para-hydroxylation sites is 2. The average Bonchev–Trinajstić information content (AvgIpc) is 2.70. The Hall–Kier alpha value is -2.49. The van der Waals surface area contributed by atoms with Crippen LogP contribution in [0.5, 0.6) is 0 Å². The van der Waals surface area contributed by atoms with Gasteiger partial charge in [0.2, 0.25) is 0 Å². The van der Waals surface area contributed by atoms with Gasteiger partial charge >= 0.3 is 12.3 Å². The number of anilines is 2. The molecule has 2 amide bonds. The largest absolute Gasteiger partial charge is 0.444 e. The summed E-state index contributed by atoms with van der Waals surface area (Å²) in [7, 11) is 0. The number of carbonyl (C=O) groups is 2. The Bertz CT molecular complexity index is 750. The maximum absolute atomic E-state index is 13.2. The van der Waals surface area contributed by atoms with E-state index in [4.69, 9.17) is 9.47 Å². The fraction of sp³-hybridized carbons (Fsp3) is 0.600. The van der Waals surface area contributed by atoms with Gasteiger partial charge in [-0.3, -0.25) is 4.79 Å². The number of benzene rings is 1. The van der Waals surface area contributed by atoms with Crippen LogP contribution in [-0.2, 0) is 14.3 Å². The van der Waals surface area contributed by atoms with Crippen molar-refractivity contribution >= 4 is 23.4 Å². The zero-order valence-corrected chi connectivity index (χ0v) is 17.6. The summed E-state index contributed by atoms with van der Waals surface area (Å²) in [5.74, 6) is -0.530. The molecule has 0 saturated heterocycles. The van der Waals surface area contributed by atoms with Crippen LogP contribution in [0.3, 0.4) is 0 Å². The van der Waals surface area contributed by atoms with Gasteiger partial charge in [-0.05, 0) is 39.8 Å². The van der Waals surface area contributed by atoms with Crippen molar-refractivity contribution in [2.24, 2.45) is 0 Å². The maximum atomic E-state index is 13.2. The van der Waals surface area contributed by atoms with E-state index in [1.807, 2.05) is 0 Å². The van der Waals surface area contributed by atoms with Gasteiger partial charge in [-0.15, -0.1) is 0 Å². The number of amides is 2. The lowest BCUT2D eigenvalue weighted by atomic mass is 10.2. The Kier molecular flexibility index (Phi) is 7.57. The van der Waals surface area contributed by atoms with Gasteiger partial charge < -0.3 is 24.6 Å². The number of nitrogens with one attached hydrogen (secondary N) is 1. The Morgan fingerprint density at radius 3 is 2.40 bits per heavy atom. The lowest BCUT2D eigenvalue weighted by molar-refractivity contribution is -0.123. The van der Waals surface area contributed by atoms with Crippen molar-refractivity contribution in [1.29, 1.82) is 0 Å². The number of hydrogen-bond acceptors (Lipinski definition) is 5. The molecule has 2 rings (SSSR count). The average molecular weight is 431 g/mol. The van der Waals surface area contributed by atoms with Crippen LogP contribution in [-0.4, -0.2) is 62.7 Å². The van der Waals surface area contributed by atoms with E-state index in [9.17, 15) is 22.8 Å². The van der Waals surface area contributed by atoms with Crippen LogP contribution in [0.4, 0.5) is 29.3 Å². The van der Waals surface area contributed by atoms with Crippen molar-refractivity contribution in [1.82, 2.24) is 5.32 Å². The summed E-state index contributed by atoms with van der Waals surface area (Å²) in [6.07, 6.45) is -5.36. The molecule has 10 heteroatoms. The zero-order chi connectivity index (χ0) is 22.5. The van der Waals surface area contributed by atoms with Crippen LogP contribution in [0.2, 0.25) is 0 Å². The van der Waals surface area contributed by atoms with Crippen molar-refractivity contribution < 1.29 is 32.2 Å². The standard InChI is InChI=1S/C20H28F3N3O4/c1-5-29-11-10-26-16-9-7-6-8-15(16)25(13-20(21,22)23)12-14(17(26)27)24-18(28)30-19(2,3)4/h6-9,14H,5,10-13H2,1-4H3,(H,24,28). The van der Waals surface area contributed by atoms with E-state index in [-0.39, 0.29) is 25.4 Å². The SMILES string of the molecule is CCOCCN1C(=O)C(NC(=O)OC(C)(C)C)CN(CC(F)(F)F)c2ccccc21. The van der Waals surface area contributed by atoms with Crippen LogP contribution in [0.1, 0.15) is 27.7 Å². The number of fused-ring (bicyclic) bond motifs is 1. The molecule has 1 aromatic rings. The second-order valence-corrected chi connectivity index (χ2v) is 7.87. The number of carbonyl (C=O) groups excluding carboxylic acids is 2. The van der Waals surface area contributed by atoms with Gasteiger partial charge in [-0.1, -0.05) is 12.1 Å². The van der Waals surface area contributed by atoms with Crippen LogP contribution < -0.4 is 15.1 Å². The highest BCUT2D eigenvalue weighted by molar-refractivity contribution is 6.03. The van der Waals surface area contributed by atoms with Crippen molar-refractivity contribution in [3.8, 4) is 0 Å². The molecule has 7 nitrogen and oxygen atoms in total. The molecule has 168 valence electrons. The third-order valence-electron chi connectivity index (χ3n) is 4.20. The lowest BCUT2D eigenvalue weighted by Gasteiger charge is -2.28. The Balaban J connectivity index is 2.39. The van der Waals surface area contributed by atoms with Crippen LogP contribution in [0.15, 0.2) is 24.3 Å². The van der Waals surface area contributed by atoms with Crippen LogP contribution in [0.25, 0.3) is 0 Å². The van der Waals surface area contributed by atoms with E-state index < -0.39 is 36.4 Å². The minimum absolute atomic E-state index is 0.135. The number of ether oxygens (including phenoxy) is 2. The number of rotatable bonds is 6. The Labute approximate surface area is 174 Å². The zero-order valence-electron chi connectivity index (χ0n) is 17.6. The lowest BCUT2D eigenvalue weighted by Crippen LogP contribution is -2.54. The van der Waals surface area contributed by atoms with Crippen molar-refractivity contribution in [3.63, 3.8) is 0 Å². The van der Waals surface area contributed by atoms with Gasteiger partial charge in [0, 0.05) is 19.7 Å². The molecule has 1 unspecified atom stereocenters. The highest BCUT2D eigenvalue weighted by Gasteiger charge is 2.39. The smallest absolute Gasteiger partial charge is 0.408 e. The van der Waals surface area contributed by atoms with Crippen molar-refractivity contribution in [3.05, 3.63) is 24.3 Å². The fourth-order valence-corrected chi connectivity index (χ4v) is 3.12. The summed E-state index contributed by atoms with van der Waals surface area (Å²) in [4.78, 5) is 27.9. The van der Waals surface area contributed by atoms with E-state index in [1.165, 1.54) is 11.0 Å². The highest BCUT2D eigenvalue weighted by Crippen LogP contribution is 2.34. The van der Waals surface area contributed by atoms with Gasteiger partial charge in [0.15, 0.2) is 0 Å². The summed E-state index contributed by atoms with van der Waals surface area (Å²) in [5, 5.41) is 2.43. The normalized spacial score (nSPS) is 17.4. The number of alkyl carbamates (subject to hydrolysis) is 1. The molecule has 0 fully saturated rings. The monoisotopic (exact) mass is 431 g/mol. The Morgan fingerprint density at radius 1 is 1.20 bits per heavy atom. The maximum Gasteiger partial charge on any atom is 0.408 e. The summed E-state index contributed by atoms with van der Waals surface area (Å²) in [6.45, 7) is 5.93. The first-order valence-electron chi connectivity index (χ1n) is 9.70. The molecule has 0 spiro atoms. The third kappa shape index (κ3) is 6.79. The van der Waals surface area contributed by atoms with E-state index in [1.54, 1.807) is 45.9 Å². The molecule has 1 aliphatic rings. The number of halogens is 3. The summed E-state index contributed by atoms with van der Waals surface area (Å²) >= 11 is 0. The van der Waals surface area contributed by atoms with Gasteiger partial charge in [0.1, 0.15) is 18.2 Å². The molecule has 1 atom stereocenters. The molecule has 1 N–H and O–H groups in total. The Morgan fingerprint density at radius 2 is 1.83 bits per heavy atom. The number of nitrogens with zero attached hydrogens (tertiary/aromatic N) is 2. The first kappa shape index (κ1) is 23.8. The first-order chi connectivity index (χ1) is 13.9. The van der Waals surface area contributed by atoms with Crippen LogP contribution in [0, 0.1) is 0 Å². The molecule has 30 heavy (non-hydrogen) atoms. The third-order valence-corrected chi connectivity index (χ3v) is 4.20. The molecule has 0 aromatic heterocycles. The van der Waals surface area contributed by atoms with E-state index in [0.717, 1.165) is 4.90 Å². The van der Waals surface area contributed by atoms with Crippen molar-refractivity contribution in [2.45, 2.75) is 45.5 Å². The summed E-state index contributed by atoms with van der Waals surface area (Å²) in [5.41, 5.74) is -0.227. The predicted octanol–water partition coefficient (Wildman–Crippen LogP) is 3.33. The molecular weight excluding hydrogens is 403 g/mol. The molecular formula is C20H28F3N3O4. The molecule has 0 bridgehead atoms. The quantitative estimate of drug-likeness (QED) is 0.700. The van der Waals surface area contributed by atoms with E-state index >= 15 is 0 Å². The molecule has 1 aliphatic heterocycles. The second kappa shape index (κ2) is 9.55. The second-order valence-electron chi connectivity index (χ2n) is 7.87. The first-order valence-corrected chi connectivity index (χ1v) is 9.70. The minimum atomic E-state index is -4.49. The topological polar surface area (TPSA) is 71.1 Å². The summed E-state index contributed by atoms with van der Waals surface area (Å²) in [6, 6.07) is 5.13. The molecule has 0 saturated carbocycles. The van der Waals surface area contributed by atoms with Gasteiger partial charge in [-0.25, -0.2) is 4.79 Å².